The van der Waals surface area contributed by atoms with Crippen LogP contribution in [0.3, 0.4) is 0 Å². The largest absolute Gasteiger partial charge is 0.466 e. The molecule has 1 unspecified atom stereocenters. The molecule has 3 rings (SSSR count). The Morgan fingerprint density at radius 3 is 2.68 bits per heavy atom. The molecule has 7 heteroatoms. The number of carbonyl (C=O) groups is 1. The lowest BCUT2D eigenvalue weighted by Crippen LogP contribution is -2.40. The number of aromatic nitrogens is 1. The Kier molecular flexibility index (Phi) is 4.58. The number of carbonyl (C=O) groups excluding carboxylic acids is 1. The van der Waals surface area contributed by atoms with Crippen molar-refractivity contribution in [3.63, 3.8) is 0 Å². The quantitative estimate of drug-likeness (QED) is 0.661. The van der Waals surface area contributed by atoms with Crippen LogP contribution in [0.4, 0.5) is 10.5 Å². The highest BCUT2D eigenvalue weighted by Crippen LogP contribution is 2.30. The molecule has 1 atom stereocenters. The first-order valence-electron chi connectivity index (χ1n) is 7.80. The van der Waals surface area contributed by atoms with Gasteiger partial charge in [-0.1, -0.05) is 35.5 Å². The molecule has 0 bridgehead atoms. The first-order chi connectivity index (χ1) is 12.0. The van der Waals surface area contributed by atoms with Crippen LogP contribution < -0.4 is 10.6 Å². The summed E-state index contributed by atoms with van der Waals surface area (Å²) in [5, 5.41) is 19.6. The molecule has 0 saturated carbocycles. The van der Waals surface area contributed by atoms with E-state index in [9.17, 15) is 9.90 Å². The van der Waals surface area contributed by atoms with Crippen molar-refractivity contribution in [1.82, 2.24) is 10.5 Å². The van der Waals surface area contributed by atoms with E-state index in [4.69, 9.17) is 8.94 Å². The van der Waals surface area contributed by atoms with E-state index in [1.54, 1.807) is 26.0 Å². The van der Waals surface area contributed by atoms with E-state index in [0.717, 1.165) is 5.56 Å². The molecule has 0 saturated heterocycles. The van der Waals surface area contributed by atoms with E-state index in [1.807, 2.05) is 30.3 Å². The Labute approximate surface area is 144 Å². The van der Waals surface area contributed by atoms with Gasteiger partial charge in [-0.15, -0.1) is 0 Å². The Morgan fingerprint density at radius 1 is 1.24 bits per heavy atom. The third kappa shape index (κ3) is 3.72. The van der Waals surface area contributed by atoms with Crippen LogP contribution in [0.5, 0.6) is 0 Å². The van der Waals surface area contributed by atoms with Crippen LogP contribution in [0, 0.1) is 6.92 Å². The van der Waals surface area contributed by atoms with Gasteiger partial charge in [0, 0.05) is 5.56 Å². The molecule has 3 aromatic rings. The number of nitrogens with zero attached hydrogens (tertiary/aromatic N) is 1. The van der Waals surface area contributed by atoms with E-state index < -0.39 is 11.6 Å². The molecule has 0 spiro atoms. The third-order valence-corrected chi connectivity index (χ3v) is 3.78. The number of rotatable bonds is 5. The average Bonchev–Trinajstić information content (AvgIpc) is 3.26. The summed E-state index contributed by atoms with van der Waals surface area (Å²) in [5.74, 6) is 0.852. The number of urea groups is 1. The standard InChI is InChI=1S/C18H19N3O4/c1-12-15(16(25-21-12)13-7-4-3-5-8-13)20-17(22)19-11-18(2,23)14-9-6-10-24-14/h3-10,23H,11H2,1-2H3,(H2,19,20,22). The second kappa shape index (κ2) is 6.82. The van der Waals surface area contributed by atoms with Crippen molar-refractivity contribution >= 4 is 11.7 Å². The van der Waals surface area contributed by atoms with Crippen LogP contribution in [0.2, 0.25) is 0 Å². The number of nitrogens with one attached hydrogen (secondary N) is 2. The van der Waals surface area contributed by atoms with Crippen molar-refractivity contribution in [3.05, 3.63) is 60.2 Å². The summed E-state index contributed by atoms with van der Waals surface area (Å²) < 4.78 is 10.5. The molecule has 2 heterocycles. The fourth-order valence-corrected chi connectivity index (χ4v) is 2.39. The van der Waals surface area contributed by atoms with Crippen LogP contribution in [0.1, 0.15) is 18.4 Å². The molecule has 0 aliphatic carbocycles. The van der Waals surface area contributed by atoms with Gasteiger partial charge in [-0.2, -0.15) is 0 Å². The van der Waals surface area contributed by atoms with Crippen molar-refractivity contribution in [2.45, 2.75) is 19.4 Å². The number of anilines is 1. The maximum Gasteiger partial charge on any atom is 0.319 e. The average molecular weight is 341 g/mol. The second-order valence-corrected chi connectivity index (χ2v) is 5.90. The number of hydrogen-bond acceptors (Lipinski definition) is 5. The molecular formula is C18H19N3O4. The van der Waals surface area contributed by atoms with Crippen LogP contribution in [0.15, 0.2) is 57.7 Å². The van der Waals surface area contributed by atoms with Gasteiger partial charge in [0.05, 0.1) is 12.8 Å². The zero-order valence-corrected chi connectivity index (χ0v) is 13.9. The smallest absolute Gasteiger partial charge is 0.319 e. The SMILES string of the molecule is Cc1noc(-c2ccccc2)c1NC(=O)NCC(C)(O)c1ccco1. The summed E-state index contributed by atoms with van der Waals surface area (Å²) in [5.41, 5.74) is 0.543. The van der Waals surface area contributed by atoms with Gasteiger partial charge >= 0.3 is 6.03 Å². The first kappa shape index (κ1) is 16.8. The van der Waals surface area contributed by atoms with Crippen LogP contribution in [0.25, 0.3) is 11.3 Å². The van der Waals surface area contributed by atoms with Gasteiger partial charge in [0.25, 0.3) is 0 Å². The number of hydrogen-bond donors (Lipinski definition) is 3. The fraction of sp³-hybridized carbons (Fsp3) is 0.222. The highest BCUT2D eigenvalue weighted by Gasteiger charge is 2.27. The molecule has 2 amide bonds. The highest BCUT2D eigenvalue weighted by molar-refractivity contribution is 5.93. The fourth-order valence-electron chi connectivity index (χ4n) is 2.39. The maximum atomic E-state index is 12.2. The Morgan fingerprint density at radius 2 is 2.00 bits per heavy atom. The van der Waals surface area contributed by atoms with Gasteiger partial charge in [0.15, 0.2) is 5.76 Å². The minimum absolute atomic E-state index is 0.0165. The first-order valence-corrected chi connectivity index (χ1v) is 7.80. The Balaban J connectivity index is 1.69. The normalized spacial score (nSPS) is 13.2. The summed E-state index contributed by atoms with van der Waals surface area (Å²) >= 11 is 0. The summed E-state index contributed by atoms with van der Waals surface area (Å²) in [6.07, 6.45) is 1.47. The molecule has 2 aromatic heterocycles. The minimum Gasteiger partial charge on any atom is -0.466 e. The number of benzene rings is 1. The third-order valence-electron chi connectivity index (χ3n) is 3.78. The number of amides is 2. The van der Waals surface area contributed by atoms with Gasteiger partial charge in [0.2, 0.25) is 0 Å². The minimum atomic E-state index is -1.31. The van der Waals surface area contributed by atoms with Crippen molar-refractivity contribution in [2.24, 2.45) is 0 Å². The lowest BCUT2D eigenvalue weighted by molar-refractivity contribution is 0.0372. The van der Waals surface area contributed by atoms with Crippen LogP contribution in [-0.4, -0.2) is 22.8 Å². The molecule has 0 radical (unpaired) electrons. The predicted octanol–water partition coefficient (Wildman–Crippen LogP) is 3.27. The zero-order chi connectivity index (χ0) is 17.9. The van der Waals surface area contributed by atoms with Gasteiger partial charge in [-0.3, -0.25) is 0 Å². The molecule has 0 aliphatic rings. The van der Waals surface area contributed by atoms with Gasteiger partial charge in [-0.05, 0) is 26.0 Å². The second-order valence-electron chi connectivity index (χ2n) is 5.90. The lowest BCUT2D eigenvalue weighted by atomic mass is 10.0. The van der Waals surface area contributed by atoms with E-state index in [0.29, 0.717) is 22.9 Å². The van der Waals surface area contributed by atoms with E-state index in [2.05, 4.69) is 15.8 Å². The molecule has 0 fully saturated rings. The summed E-state index contributed by atoms with van der Waals surface area (Å²) in [6, 6.07) is 12.2. The Bertz CT molecular complexity index is 839. The van der Waals surface area contributed by atoms with Crippen LogP contribution >= 0.6 is 0 Å². The maximum absolute atomic E-state index is 12.2. The van der Waals surface area contributed by atoms with Gasteiger partial charge < -0.3 is 24.7 Å². The van der Waals surface area contributed by atoms with Crippen molar-refractivity contribution in [3.8, 4) is 11.3 Å². The van der Waals surface area contributed by atoms with E-state index >= 15 is 0 Å². The van der Waals surface area contributed by atoms with Gasteiger partial charge in [-0.25, -0.2) is 4.79 Å². The van der Waals surface area contributed by atoms with Crippen molar-refractivity contribution in [2.75, 3.05) is 11.9 Å². The van der Waals surface area contributed by atoms with Gasteiger partial charge in [0.1, 0.15) is 22.7 Å². The molecule has 1 aromatic carbocycles. The number of aryl methyl sites for hydroxylation is 1. The number of furan rings is 1. The zero-order valence-electron chi connectivity index (χ0n) is 13.9. The summed E-state index contributed by atoms with van der Waals surface area (Å²) in [6.45, 7) is 3.29. The summed E-state index contributed by atoms with van der Waals surface area (Å²) in [7, 11) is 0. The topological polar surface area (TPSA) is 101 Å². The highest BCUT2D eigenvalue weighted by atomic mass is 16.5. The van der Waals surface area contributed by atoms with Crippen LogP contribution in [-0.2, 0) is 5.60 Å². The van der Waals surface area contributed by atoms with Crippen molar-refractivity contribution in [1.29, 1.82) is 0 Å². The Hall–Kier alpha value is -3.06. The molecule has 130 valence electrons. The predicted molar refractivity (Wildman–Crippen MR) is 92.0 cm³/mol. The van der Waals surface area contributed by atoms with E-state index in [1.165, 1.54) is 6.26 Å². The van der Waals surface area contributed by atoms with Crippen molar-refractivity contribution < 1.29 is 18.8 Å². The molecule has 25 heavy (non-hydrogen) atoms. The number of aliphatic hydroxyl groups is 1. The molecular weight excluding hydrogens is 322 g/mol. The molecule has 7 nitrogen and oxygen atoms in total. The lowest BCUT2D eigenvalue weighted by Gasteiger charge is -2.21. The van der Waals surface area contributed by atoms with E-state index in [-0.39, 0.29) is 6.54 Å². The summed E-state index contributed by atoms with van der Waals surface area (Å²) in [4.78, 5) is 12.2. The molecule has 3 N–H and O–H groups in total. The monoisotopic (exact) mass is 341 g/mol. The molecule has 0 aliphatic heterocycles.